The van der Waals surface area contributed by atoms with Crippen LogP contribution in [0.4, 0.5) is 0 Å². The van der Waals surface area contributed by atoms with Crippen LogP contribution in [0.2, 0.25) is 0 Å². The van der Waals surface area contributed by atoms with Crippen LogP contribution in [0, 0.1) is 6.92 Å². The largest absolute Gasteiger partial charge is 0.457 e. The van der Waals surface area contributed by atoms with E-state index in [-0.39, 0.29) is 6.04 Å². The number of rotatable bonds is 5. The van der Waals surface area contributed by atoms with Crippen LogP contribution in [0.3, 0.4) is 0 Å². The summed E-state index contributed by atoms with van der Waals surface area (Å²) in [6, 6.07) is 4.41. The third kappa shape index (κ3) is 2.81. The summed E-state index contributed by atoms with van der Waals surface area (Å²) in [7, 11) is 0. The standard InChI is InChI=1S/C13H16BrNOS/c1-3-6-15-11(10-4-7-16-13(10)14)12-9(2)5-8-17-12/h4-5,7-8,11,15H,3,6H2,1-2H3. The lowest BCUT2D eigenvalue weighted by atomic mass is 10.1. The van der Waals surface area contributed by atoms with E-state index in [0.29, 0.717) is 0 Å². The van der Waals surface area contributed by atoms with Gasteiger partial charge in [-0.25, -0.2) is 0 Å². The third-order valence-electron chi connectivity index (χ3n) is 2.72. The van der Waals surface area contributed by atoms with Gasteiger partial charge in [0.05, 0.1) is 12.3 Å². The fraction of sp³-hybridized carbons (Fsp3) is 0.385. The number of hydrogen-bond acceptors (Lipinski definition) is 3. The van der Waals surface area contributed by atoms with Gasteiger partial charge in [0.25, 0.3) is 0 Å². The van der Waals surface area contributed by atoms with Gasteiger partial charge in [-0.1, -0.05) is 6.92 Å². The number of aryl methyl sites for hydroxylation is 1. The van der Waals surface area contributed by atoms with E-state index in [1.54, 1.807) is 17.6 Å². The molecule has 0 saturated heterocycles. The SMILES string of the molecule is CCCNC(c1ccoc1Br)c1sccc1C. The highest BCUT2D eigenvalue weighted by Gasteiger charge is 2.20. The molecule has 2 nitrogen and oxygen atoms in total. The summed E-state index contributed by atoms with van der Waals surface area (Å²) in [4.78, 5) is 1.36. The van der Waals surface area contributed by atoms with E-state index in [9.17, 15) is 0 Å². The molecule has 2 rings (SSSR count). The predicted octanol–water partition coefficient (Wildman–Crippen LogP) is 4.50. The van der Waals surface area contributed by atoms with Crippen LogP contribution in [0.5, 0.6) is 0 Å². The Morgan fingerprint density at radius 2 is 2.29 bits per heavy atom. The summed E-state index contributed by atoms with van der Waals surface area (Å²) in [6.45, 7) is 5.33. The second-order valence-corrected chi connectivity index (χ2v) is 5.67. The number of halogens is 1. The van der Waals surface area contributed by atoms with Gasteiger partial charge in [0.15, 0.2) is 4.67 Å². The topological polar surface area (TPSA) is 25.2 Å². The molecule has 0 fully saturated rings. The molecule has 2 heterocycles. The first-order valence-electron chi connectivity index (χ1n) is 5.74. The monoisotopic (exact) mass is 313 g/mol. The Kier molecular flexibility index (Phi) is 4.42. The summed E-state index contributed by atoms with van der Waals surface area (Å²) in [5.74, 6) is 0. The normalized spacial score (nSPS) is 12.9. The molecule has 0 aliphatic rings. The molecule has 1 atom stereocenters. The van der Waals surface area contributed by atoms with Crippen LogP contribution in [-0.4, -0.2) is 6.54 Å². The van der Waals surface area contributed by atoms with E-state index >= 15 is 0 Å². The Bertz CT molecular complexity index is 437. The van der Waals surface area contributed by atoms with Gasteiger partial charge in [-0.15, -0.1) is 11.3 Å². The predicted molar refractivity (Wildman–Crippen MR) is 75.6 cm³/mol. The molecule has 0 amide bonds. The molecule has 0 saturated carbocycles. The zero-order valence-corrected chi connectivity index (χ0v) is 12.4. The summed E-state index contributed by atoms with van der Waals surface area (Å²) in [5, 5.41) is 5.71. The van der Waals surface area contributed by atoms with Gasteiger partial charge >= 0.3 is 0 Å². The summed E-state index contributed by atoms with van der Waals surface area (Å²) in [6.07, 6.45) is 2.85. The van der Waals surface area contributed by atoms with E-state index in [1.165, 1.54) is 16.0 Å². The molecule has 0 bridgehead atoms. The van der Waals surface area contributed by atoms with Crippen LogP contribution in [0.1, 0.15) is 35.4 Å². The van der Waals surface area contributed by atoms with Crippen molar-refractivity contribution in [3.8, 4) is 0 Å². The first-order chi connectivity index (χ1) is 8.24. The molecule has 4 heteroatoms. The summed E-state index contributed by atoms with van der Waals surface area (Å²) in [5.41, 5.74) is 2.50. The lowest BCUT2D eigenvalue weighted by molar-refractivity contribution is 0.524. The number of thiophene rings is 1. The molecule has 0 aliphatic heterocycles. The lowest BCUT2D eigenvalue weighted by Gasteiger charge is -2.17. The molecular formula is C13H16BrNOS. The van der Waals surface area contributed by atoms with Crippen LogP contribution in [-0.2, 0) is 0 Å². The minimum Gasteiger partial charge on any atom is -0.457 e. The van der Waals surface area contributed by atoms with Crippen molar-refractivity contribution < 1.29 is 4.42 Å². The average molecular weight is 314 g/mol. The van der Waals surface area contributed by atoms with E-state index in [1.807, 2.05) is 6.07 Å². The zero-order chi connectivity index (χ0) is 12.3. The maximum absolute atomic E-state index is 5.34. The number of nitrogens with one attached hydrogen (secondary N) is 1. The van der Waals surface area contributed by atoms with Crippen molar-refractivity contribution in [2.24, 2.45) is 0 Å². The van der Waals surface area contributed by atoms with Crippen molar-refractivity contribution in [1.82, 2.24) is 5.32 Å². The molecule has 2 aromatic heterocycles. The number of furan rings is 1. The maximum Gasteiger partial charge on any atom is 0.174 e. The van der Waals surface area contributed by atoms with Crippen molar-refractivity contribution in [2.45, 2.75) is 26.3 Å². The average Bonchev–Trinajstić information content (AvgIpc) is 2.90. The molecule has 0 aromatic carbocycles. The fourth-order valence-electron chi connectivity index (χ4n) is 1.82. The first kappa shape index (κ1) is 12.9. The van der Waals surface area contributed by atoms with Crippen LogP contribution >= 0.6 is 27.3 Å². The highest BCUT2D eigenvalue weighted by atomic mass is 79.9. The number of hydrogen-bond donors (Lipinski definition) is 1. The highest BCUT2D eigenvalue weighted by molar-refractivity contribution is 9.10. The molecule has 1 N–H and O–H groups in total. The Labute approximate surface area is 114 Å². The molecule has 0 aliphatic carbocycles. The molecule has 2 aromatic rings. The van der Waals surface area contributed by atoms with Crippen molar-refractivity contribution >= 4 is 27.3 Å². The summed E-state index contributed by atoms with van der Waals surface area (Å²) < 4.78 is 6.16. The van der Waals surface area contributed by atoms with E-state index in [4.69, 9.17) is 4.42 Å². The molecule has 0 spiro atoms. The molecule has 92 valence electrons. The van der Waals surface area contributed by atoms with Gasteiger partial charge in [0, 0.05) is 10.4 Å². The minimum absolute atomic E-state index is 0.225. The van der Waals surface area contributed by atoms with E-state index in [0.717, 1.165) is 17.6 Å². The zero-order valence-electron chi connectivity index (χ0n) is 10.00. The van der Waals surface area contributed by atoms with Crippen LogP contribution in [0.25, 0.3) is 0 Å². The van der Waals surface area contributed by atoms with Gasteiger partial charge < -0.3 is 9.73 Å². The van der Waals surface area contributed by atoms with Gasteiger partial charge in [-0.3, -0.25) is 0 Å². The first-order valence-corrected chi connectivity index (χ1v) is 7.41. The Morgan fingerprint density at radius 3 is 2.82 bits per heavy atom. The smallest absolute Gasteiger partial charge is 0.174 e. The Hall–Kier alpha value is -0.580. The fourth-order valence-corrected chi connectivity index (χ4v) is 3.31. The minimum atomic E-state index is 0.225. The summed E-state index contributed by atoms with van der Waals surface area (Å²) >= 11 is 5.26. The van der Waals surface area contributed by atoms with Gasteiger partial charge in [-0.2, -0.15) is 0 Å². The lowest BCUT2D eigenvalue weighted by Crippen LogP contribution is -2.22. The molecule has 1 unspecified atom stereocenters. The second kappa shape index (κ2) is 5.85. The quantitative estimate of drug-likeness (QED) is 0.879. The van der Waals surface area contributed by atoms with E-state index in [2.05, 4.69) is 46.5 Å². The van der Waals surface area contributed by atoms with Gasteiger partial charge in [-0.05, 0) is 58.9 Å². The Morgan fingerprint density at radius 1 is 1.47 bits per heavy atom. The molecule has 17 heavy (non-hydrogen) atoms. The van der Waals surface area contributed by atoms with Crippen molar-refractivity contribution in [3.63, 3.8) is 0 Å². The van der Waals surface area contributed by atoms with Crippen LogP contribution in [0.15, 0.2) is 32.9 Å². The van der Waals surface area contributed by atoms with Crippen molar-refractivity contribution in [2.75, 3.05) is 6.54 Å². The van der Waals surface area contributed by atoms with Gasteiger partial charge in [0.2, 0.25) is 0 Å². The molecule has 0 radical (unpaired) electrons. The van der Waals surface area contributed by atoms with Crippen molar-refractivity contribution in [3.05, 3.63) is 44.4 Å². The second-order valence-electron chi connectivity index (χ2n) is 4.00. The molecular weight excluding hydrogens is 298 g/mol. The van der Waals surface area contributed by atoms with Crippen molar-refractivity contribution in [1.29, 1.82) is 0 Å². The highest BCUT2D eigenvalue weighted by Crippen LogP contribution is 2.33. The van der Waals surface area contributed by atoms with Gasteiger partial charge in [0.1, 0.15) is 0 Å². The third-order valence-corrected chi connectivity index (χ3v) is 4.45. The van der Waals surface area contributed by atoms with Crippen LogP contribution < -0.4 is 5.32 Å². The maximum atomic E-state index is 5.34. The Balaban J connectivity index is 2.32. The van der Waals surface area contributed by atoms with E-state index < -0.39 is 0 Å².